The van der Waals surface area contributed by atoms with Crippen LogP contribution in [0.1, 0.15) is 119 Å². The van der Waals surface area contributed by atoms with Gasteiger partial charge in [0.15, 0.2) is 0 Å². The molecule has 48 heavy (non-hydrogen) atoms. The molecule has 3 aromatic carbocycles. The van der Waals surface area contributed by atoms with Crippen molar-refractivity contribution in [1.29, 1.82) is 0 Å². The van der Waals surface area contributed by atoms with Gasteiger partial charge in [-0.1, -0.05) is 72.8 Å². The first-order chi connectivity index (χ1) is 23.2. The fourth-order valence-corrected chi connectivity index (χ4v) is 7.70. The molecule has 8 heteroatoms. The van der Waals surface area contributed by atoms with Crippen LogP contribution < -0.4 is 16.0 Å². The monoisotopic (exact) mass is 644 g/mol. The minimum absolute atomic E-state index is 0.115. The predicted molar refractivity (Wildman–Crippen MR) is 192 cm³/mol. The summed E-state index contributed by atoms with van der Waals surface area (Å²) in [5.74, 6) is 1.07. The first-order valence-electron chi connectivity index (χ1n) is 17.4. The molecular formula is C40H48N6O2. The summed E-state index contributed by atoms with van der Waals surface area (Å²) in [6, 6.07) is 25.4. The maximum absolute atomic E-state index is 15.0. The smallest absolute Gasteiger partial charge is 0.255 e. The fraction of sp³-hybridized carbons (Fsp3) is 0.400. The van der Waals surface area contributed by atoms with E-state index < -0.39 is 5.91 Å². The second kappa shape index (κ2) is 14.6. The lowest BCUT2D eigenvalue weighted by Gasteiger charge is -2.37. The third kappa shape index (κ3) is 6.93. The molecule has 1 fully saturated rings. The molecule has 0 unspecified atom stereocenters. The Morgan fingerprint density at radius 1 is 0.792 bits per heavy atom. The Labute approximate surface area is 284 Å². The van der Waals surface area contributed by atoms with Gasteiger partial charge in [-0.3, -0.25) is 9.59 Å². The zero-order valence-corrected chi connectivity index (χ0v) is 28.7. The number of nitrogens with one attached hydrogen (secondary N) is 1. The number of carbonyl (C=O) groups excluding carboxylic acids is 2. The number of anilines is 2. The second-order valence-corrected chi connectivity index (χ2v) is 13.6. The number of carbonyl (C=O) groups is 2. The van der Waals surface area contributed by atoms with Crippen LogP contribution in [0.15, 0.2) is 78.9 Å². The number of hydrogen-bond acceptors (Lipinski definition) is 6. The zero-order chi connectivity index (χ0) is 33.8. The van der Waals surface area contributed by atoms with Crippen LogP contribution in [-0.2, 0) is 12.8 Å². The van der Waals surface area contributed by atoms with E-state index >= 15 is 0 Å². The summed E-state index contributed by atoms with van der Waals surface area (Å²) in [6.07, 6.45) is 7.92. The number of nitrogens with two attached hydrogens (primary N) is 1. The molecule has 1 saturated carbocycles. The second-order valence-electron chi connectivity index (χ2n) is 13.6. The standard InChI is InChI=1S/C40H48N6O2/c1-26(28-14-7-5-8-15-28)46(27(2)29-16-9-6-10-17-29)39(48)36-32(19-13-20-34(36)37(41)47)30-22-24-31(25-23-30)42-40-43-35-21-12-11-18-33(35)38(44-40)45(3)4/h5-10,13-17,19-20,26-27,30-31H,11-12,18,21-25H2,1-4H3,(H2,41,47)(H,42,43,44)/t26-,27-,30-,31+/m0/s1. The lowest BCUT2D eigenvalue weighted by atomic mass is 9.78. The molecule has 1 heterocycles. The quantitative estimate of drug-likeness (QED) is 0.184. The molecular weight excluding hydrogens is 596 g/mol. The van der Waals surface area contributed by atoms with Gasteiger partial charge in [-0.05, 0) is 93.9 Å². The van der Waals surface area contributed by atoms with Gasteiger partial charge in [0, 0.05) is 25.7 Å². The summed E-state index contributed by atoms with van der Waals surface area (Å²) in [6.45, 7) is 4.11. The fourth-order valence-electron chi connectivity index (χ4n) is 7.70. The molecule has 6 rings (SSSR count). The molecule has 250 valence electrons. The number of primary amides is 1. The van der Waals surface area contributed by atoms with Crippen molar-refractivity contribution in [3.05, 3.63) is 118 Å². The molecule has 0 spiro atoms. The van der Waals surface area contributed by atoms with Crippen LogP contribution in [0.3, 0.4) is 0 Å². The van der Waals surface area contributed by atoms with Gasteiger partial charge >= 0.3 is 0 Å². The summed E-state index contributed by atoms with van der Waals surface area (Å²) in [5, 5.41) is 3.65. The molecule has 0 aliphatic heterocycles. The summed E-state index contributed by atoms with van der Waals surface area (Å²) in [4.78, 5) is 41.8. The molecule has 2 amide bonds. The van der Waals surface area contributed by atoms with Crippen molar-refractivity contribution < 1.29 is 9.59 Å². The van der Waals surface area contributed by atoms with Gasteiger partial charge in [-0.15, -0.1) is 0 Å². The highest BCUT2D eigenvalue weighted by molar-refractivity contribution is 6.08. The van der Waals surface area contributed by atoms with Crippen LogP contribution in [-0.4, -0.2) is 46.8 Å². The molecule has 3 N–H and O–H groups in total. The molecule has 0 radical (unpaired) electrons. The highest BCUT2D eigenvalue weighted by Crippen LogP contribution is 2.40. The number of hydrogen-bond donors (Lipinski definition) is 2. The lowest BCUT2D eigenvalue weighted by molar-refractivity contribution is 0.0598. The summed E-state index contributed by atoms with van der Waals surface area (Å²) < 4.78 is 0. The normalized spacial score (nSPS) is 18.7. The van der Waals surface area contributed by atoms with Crippen LogP contribution in [0.5, 0.6) is 0 Å². The summed E-state index contributed by atoms with van der Waals surface area (Å²) in [5.41, 5.74) is 12.1. The maximum Gasteiger partial charge on any atom is 0.255 e. The van der Waals surface area contributed by atoms with Gasteiger partial charge in [-0.2, -0.15) is 4.98 Å². The van der Waals surface area contributed by atoms with Crippen molar-refractivity contribution in [2.75, 3.05) is 24.3 Å². The van der Waals surface area contributed by atoms with E-state index in [1.807, 2.05) is 91.8 Å². The van der Waals surface area contributed by atoms with Crippen LogP contribution >= 0.6 is 0 Å². The molecule has 8 nitrogen and oxygen atoms in total. The minimum Gasteiger partial charge on any atom is -0.366 e. The number of amides is 2. The average molecular weight is 645 g/mol. The highest BCUT2D eigenvalue weighted by atomic mass is 16.2. The molecule has 4 aromatic rings. The average Bonchev–Trinajstić information content (AvgIpc) is 3.11. The molecule has 0 saturated heterocycles. The molecule has 2 atom stereocenters. The number of fused-ring (bicyclic) bond motifs is 1. The molecule has 2 aliphatic carbocycles. The highest BCUT2D eigenvalue weighted by Gasteiger charge is 2.35. The minimum atomic E-state index is -0.587. The number of rotatable bonds is 10. The SMILES string of the molecule is C[C@@H](c1ccccc1)N(C(=O)c1c(C(N)=O)cccc1[C@H]1CC[C@@H](Nc2nc3c(c(N(C)C)n2)CCCC3)CC1)[C@@H](C)c1ccccc1. The zero-order valence-electron chi connectivity index (χ0n) is 28.7. The first kappa shape index (κ1) is 33.2. The maximum atomic E-state index is 15.0. The van der Waals surface area contributed by atoms with Crippen LogP contribution in [0.4, 0.5) is 11.8 Å². The topological polar surface area (TPSA) is 104 Å². The Morgan fingerprint density at radius 2 is 1.40 bits per heavy atom. The van der Waals surface area contributed by atoms with Gasteiger partial charge in [0.05, 0.1) is 28.9 Å². The lowest BCUT2D eigenvalue weighted by Crippen LogP contribution is -2.38. The Balaban J connectivity index is 1.28. The largest absolute Gasteiger partial charge is 0.366 e. The Bertz CT molecular complexity index is 1690. The van der Waals surface area contributed by atoms with E-state index in [1.165, 1.54) is 24.1 Å². The van der Waals surface area contributed by atoms with Gasteiger partial charge < -0.3 is 20.9 Å². The number of aryl methyl sites for hydroxylation is 1. The predicted octanol–water partition coefficient (Wildman–Crippen LogP) is 7.62. The van der Waals surface area contributed by atoms with Gasteiger partial charge in [0.25, 0.3) is 5.91 Å². The van der Waals surface area contributed by atoms with Gasteiger partial charge in [0.1, 0.15) is 5.82 Å². The first-order valence-corrected chi connectivity index (χ1v) is 17.4. The van der Waals surface area contributed by atoms with E-state index in [-0.39, 0.29) is 35.5 Å². The van der Waals surface area contributed by atoms with E-state index in [9.17, 15) is 9.59 Å². The summed E-state index contributed by atoms with van der Waals surface area (Å²) >= 11 is 0. The van der Waals surface area contributed by atoms with Crippen molar-refractivity contribution in [2.45, 2.75) is 89.3 Å². The summed E-state index contributed by atoms with van der Waals surface area (Å²) in [7, 11) is 4.10. The van der Waals surface area contributed by atoms with E-state index in [2.05, 4.69) is 24.1 Å². The molecule has 1 aromatic heterocycles. The third-order valence-electron chi connectivity index (χ3n) is 10.3. The van der Waals surface area contributed by atoms with Crippen LogP contribution in [0.25, 0.3) is 0 Å². The number of nitrogens with zero attached hydrogens (tertiary/aromatic N) is 4. The van der Waals surface area contributed by atoms with E-state index in [0.29, 0.717) is 11.5 Å². The third-order valence-corrected chi connectivity index (χ3v) is 10.3. The molecule has 2 aliphatic rings. The Hall–Kier alpha value is -4.72. The van der Waals surface area contributed by atoms with Crippen molar-refractivity contribution in [2.24, 2.45) is 5.73 Å². The van der Waals surface area contributed by atoms with E-state index in [0.717, 1.165) is 61.0 Å². The van der Waals surface area contributed by atoms with Crippen molar-refractivity contribution >= 4 is 23.6 Å². The van der Waals surface area contributed by atoms with E-state index in [1.54, 1.807) is 6.07 Å². The molecule has 0 bridgehead atoms. The van der Waals surface area contributed by atoms with Gasteiger partial charge in [0.2, 0.25) is 11.9 Å². The van der Waals surface area contributed by atoms with Crippen molar-refractivity contribution in [3.8, 4) is 0 Å². The Kier molecular flexibility index (Phi) is 10.1. The Morgan fingerprint density at radius 3 is 1.98 bits per heavy atom. The van der Waals surface area contributed by atoms with E-state index in [4.69, 9.17) is 15.7 Å². The van der Waals surface area contributed by atoms with Crippen LogP contribution in [0, 0.1) is 0 Å². The van der Waals surface area contributed by atoms with Gasteiger partial charge in [-0.25, -0.2) is 4.98 Å². The van der Waals surface area contributed by atoms with Crippen LogP contribution in [0.2, 0.25) is 0 Å². The van der Waals surface area contributed by atoms with Crippen molar-refractivity contribution in [3.63, 3.8) is 0 Å². The number of aromatic nitrogens is 2. The number of benzene rings is 3. The van der Waals surface area contributed by atoms with Crippen molar-refractivity contribution in [1.82, 2.24) is 14.9 Å².